The molecule has 1 rings (SSSR count). The Labute approximate surface area is 78.7 Å². The third-order valence-corrected chi connectivity index (χ3v) is 2.68. The highest BCUT2D eigenvalue weighted by Gasteiger charge is 2.33. The first-order valence-corrected chi connectivity index (χ1v) is 4.85. The zero-order valence-electron chi connectivity index (χ0n) is 7.91. The van der Waals surface area contributed by atoms with Crippen LogP contribution in [-0.2, 0) is 4.74 Å². The Morgan fingerprint density at radius 3 is 2.46 bits per heavy atom. The fourth-order valence-electron chi connectivity index (χ4n) is 1.75. The van der Waals surface area contributed by atoms with Crippen LogP contribution in [0.25, 0.3) is 0 Å². The fourth-order valence-corrected chi connectivity index (χ4v) is 1.75. The molecule has 0 aromatic carbocycles. The van der Waals surface area contributed by atoms with E-state index in [0.29, 0.717) is 6.54 Å². The summed E-state index contributed by atoms with van der Waals surface area (Å²) in [5, 5.41) is 17.7. The van der Waals surface area contributed by atoms with Gasteiger partial charge in [-0.3, -0.25) is 0 Å². The van der Waals surface area contributed by atoms with Crippen LogP contribution in [0.3, 0.4) is 0 Å². The molecule has 1 saturated carbocycles. The molecule has 4 heteroatoms. The number of hydrogen-bond acceptors (Lipinski definition) is 4. The lowest BCUT2D eigenvalue weighted by molar-refractivity contribution is -0.0806. The SMILES string of the molecule is NCC1(OCC(O)CO)CCCC1. The van der Waals surface area contributed by atoms with Gasteiger partial charge in [-0.15, -0.1) is 0 Å². The Morgan fingerprint density at radius 2 is 2.00 bits per heavy atom. The van der Waals surface area contributed by atoms with Crippen LogP contribution in [0.1, 0.15) is 25.7 Å². The van der Waals surface area contributed by atoms with Crippen molar-refractivity contribution in [1.82, 2.24) is 0 Å². The van der Waals surface area contributed by atoms with Crippen molar-refractivity contribution in [2.45, 2.75) is 37.4 Å². The molecule has 0 aliphatic heterocycles. The van der Waals surface area contributed by atoms with Crippen molar-refractivity contribution in [2.24, 2.45) is 5.73 Å². The van der Waals surface area contributed by atoms with Crippen LogP contribution in [0.15, 0.2) is 0 Å². The van der Waals surface area contributed by atoms with Crippen LogP contribution in [-0.4, -0.2) is 41.7 Å². The van der Waals surface area contributed by atoms with Gasteiger partial charge in [0, 0.05) is 6.54 Å². The van der Waals surface area contributed by atoms with E-state index in [0.717, 1.165) is 25.7 Å². The van der Waals surface area contributed by atoms with Gasteiger partial charge in [0.1, 0.15) is 6.10 Å². The predicted molar refractivity (Wildman–Crippen MR) is 49.3 cm³/mol. The summed E-state index contributed by atoms with van der Waals surface area (Å²) in [5.41, 5.74) is 5.40. The summed E-state index contributed by atoms with van der Waals surface area (Å²) < 4.78 is 5.56. The van der Waals surface area contributed by atoms with E-state index in [4.69, 9.17) is 20.7 Å². The van der Waals surface area contributed by atoms with E-state index in [2.05, 4.69) is 0 Å². The summed E-state index contributed by atoms with van der Waals surface area (Å²) in [6, 6.07) is 0. The van der Waals surface area contributed by atoms with Crippen LogP contribution in [0.5, 0.6) is 0 Å². The predicted octanol–water partition coefficient (Wildman–Crippen LogP) is -0.372. The van der Waals surface area contributed by atoms with E-state index in [1.54, 1.807) is 0 Å². The average Bonchev–Trinajstić information content (AvgIpc) is 2.63. The van der Waals surface area contributed by atoms with Crippen LogP contribution < -0.4 is 5.73 Å². The van der Waals surface area contributed by atoms with Crippen molar-refractivity contribution in [3.63, 3.8) is 0 Å². The van der Waals surface area contributed by atoms with E-state index in [-0.39, 0.29) is 18.8 Å². The Kier molecular flexibility index (Phi) is 4.12. The molecule has 0 radical (unpaired) electrons. The topological polar surface area (TPSA) is 75.7 Å². The zero-order valence-corrected chi connectivity index (χ0v) is 7.91. The highest BCUT2D eigenvalue weighted by atomic mass is 16.5. The lowest BCUT2D eigenvalue weighted by Crippen LogP contribution is -2.40. The highest BCUT2D eigenvalue weighted by molar-refractivity contribution is 4.87. The van der Waals surface area contributed by atoms with Gasteiger partial charge in [0.05, 0.1) is 18.8 Å². The van der Waals surface area contributed by atoms with Gasteiger partial charge < -0.3 is 20.7 Å². The summed E-state index contributed by atoms with van der Waals surface area (Å²) in [7, 11) is 0. The molecule has 4 N–H and O–H groups in total. The van der Waals surface area contributed by atoms with Crippen molar-refractivity contribution in [1.29, 1.82) is 0 Å². The Hall–Kier alpha value is -0.160. The summed E-state index contributed by atoms with van der Waals surface area (Å²) in [6.45, 7) is 0.444. The van der Waals surface area contributed by atoms with Gasteiger partial charge in [0.25, 0.3) is 0 Å². The second kappa shape index (κ2) is 4.91. The molecule has 0 saturated heterocycles. The van der Waals surface area contributed by atoms with Gasteiger partial charge in [-0.1, -0.05) is 12.8 Å². The molecule has 0 bridgehead atoms. The zero-order chi connectivity index (χ0) is 9.73. The monoisotopic (exact) mass is 189 g/mol. The highest BCUT2D eigenvalue weighted by Crippen LogP contribution is 2.32. The first kappa shape index (κ1) is 10.9. The molecule has 0 aromatic heterocycles. The molecular weight excluding hydrogens is 170 g/mol. The van der Waals surface area contributed by atoms with Crippen molar-refractivity contribution in [2.75, 3.05) is 19.8 Å². The van der Waals surface area contributed by atoms with Gasteiger partial charge in [0.2, 0.25) is 0 Å². The maximum absolute atomic E-state index is 9.11. The van der Waals surface area contributed by atoms with Crippen LogP contribution in [0.2, 0.25) is 0 Å². The molecule has 0 aromatic rings. The van der Waals surface area contributed by atoms with E-state index in [9.17, 15) is 0 Å². The van der Waals surface area contributed by atoms with Crippen LogP contribution in [0, 0.1) is 0 Å². The van der Waals surface area contributed by atoms with Gasteiger partial charge in [-0.2, -0.15) is 0 Å². The minimum absolute atomic E-state index is 0.188. The number of hydrogen-bond donors (Lipinski definition) is 3. The minimum atomic E-state index is -0.774. The molecule has 1 atom stereocenters. The first-order chi connectivity index (χ1) is 6.22. The maximum atomic E-state index is 9.11. The second-order valence-corrected chi connectivity index (χ2v) is 3.74. The van der Waals surface area contributed by atoms with Crippen LogP contribution >= 0.6 is 0 Å². The standard InChI is InChI=1S/C9H19NO3/c10-7-9(3-1-2-4-9)13-6-8(12)5-11/h8,11-12H,1-7,10H2. The molecule has 1 aliphatic carbocycles. The molecule has 78 valence electrons. The molecule has 13 heavy (non-hydrogen) atoms. The Balaban J connectivity index is 2.31. The Bertz CT molecular complexity index is 146. The van der Waals surface area contributed by atoms with Crippen molar-refractivity contribution in [3.8, 4) is 0 Å². The third-order valence-electron chi connectivity index (χ3n) is 2.68. The van der Waals surface area contributed by atoms with Gasteiger partial charge in [-0.05, 0) is 12.8 Å². The molecule has 1 unspecified atom stereocenters. The van der Waals surface area contributed by atoms with E-state index >= 15 is 0 Å². The molecule has 1 aliphatic rings. The van der Waals surface area contributed by atoms with E-state index < -0.39 is 6.10 Å². The minimum Gasteiger partial charge on any atom is -0.394 e. The fraction of sp³-hybridized carbons (Fsp3) is 1.00. The number of aliphatic hydroxyl groups is 2. The van der Waals surface area contributed by atoms with Crippen molar-refractivity contribution in [3.05, 3.63) is 0 Å². The van der Waals surface area contributed by atoms with Gasteiger partial charge >= 0.3 is 0 Å². The summed E-state index contributed by atoms with van der Waals surface area (Å²) in [4.78, 5) is 0. The summed E-state index contributed by atoms with van der Waals surface area (Å²) in [5.74, 6) is 0. The molecule has 0 amide bonds. The van der Waals surface area contributed by atoms with Gasteiger partial charge in [0.15, 0.2) is 0 Å². The maximum Gasteiger partial charge on any atom is 0.100 e. The molecule has 0 spiro atoms. The number of nitrogens with two attached hydrogens (primary N) is 1. The smallest absolute Gasteiger partial charge is 0.100 e. The second-order valence-electron chi connectivity index (χ2n) is 3.74. The average molecular weight is 189 g/mol. The van der Waals surface area contributed by atoms with E-state index in [1.807, 2.05) is 0 Å². The third kappa shape index (κ3) is 2.91. The molecule has 1 fully saturated rings. The number of aliphatic hydroxyl groups excluding tert-OH is 2. The number of rotatable bonds is 5. The van der Waals surface area contributed by atoms with E-state index in [1.165, 1.54) is 0 Å². The largest absolute Gasteiger partial charge is 0.394 e. The molecule has 4 nitrogen and oxygen atoms in total. The molecular formula is C9H19NO3. The lowest BCUT2D eigenvalue weighted by atomic mass is 10.0. The number of ether oxygens (including phenoxy) is 1. The summed E-state index contributed by atoms with van der Waals surface area (Å²) in [6.07, 6.45) is 3.46. The first-order valence-electron chi connectivity index (χ1n) is 4.85. The van der Waals surface area contributed by atoms with Crippen LogP contribution in [0.4, 0.5) is 0 Å². The Morgan fingerprint density at radius 1 is 1.38 bits per heavy atom. The summed E-state index contributed by atoms with van der Waals surface area (Å²) >= 11 is 0. The quantitative estimate of drug-likeness (QED) is 0.551. The lowest BCUT2D eigenvalue weighted by Gasteiger charge is -2.28. The van der Waals surface area contributed by atoms with Crippen molar-refractivity contribution >= 4 is 0 Å². The van der Waals surface area contributed by atoms with Crippen molar-refractivity contribution < 1.29 is 14.9 Å². The normalized spacial score (nSPS) is 23.3. The van der Waals surface area contributed by atoms with Gasteiger partial charge in [-0.25, -0.2) is 0 Å². The molecule has 0 heterocycles.